The van der Waals surface area contributed by atoms with Crippen LogP contribution in [0.3, 0.4) is 0 Å². The van der Waals surface area contributed by atoms with E-state index in [1.165, 1.54) is 6.07 Å². The molecule has 0 radical (unpaired) electrons. The van der Waals surface area contributed by atoms with Gasteiger partial charge >= 0.3 is 0 Å². The van der Waals surface area contributed by atoms with E-state index >= 15 is 0 Å². The van der Waals surface area contributed by atoms with Gasteiger partial charge in [-0.25, -0.2) is 19.3 Å². The van der Waals surface area contributed by atoms with Crippen LogP contribution >= 0.6 is 11.6 Å². The summed E-state index contributed by atoms with van der Waals surface area (Å²) in [6, 6.07) is 8.65. The minimum atomic E-state index is -0.821. The molecule has 0 unspecified atom stereocenters. The molecule has 1 aliphatic rings. The molecule has 4 heterocycles. The summed E-state index contributed by atoms with van der Waals surface area (Å²) in [6.07, 6.45) is 2.02. The molecule has 0 spiro atoms. The molecule has 0 saturated carbocycles. The van der Waals surface area contributed by atoms with Gasteiger partial charge in [-0.15, -0.1) is 0 Å². The van der Waals surface area contributed by atoms with Crippen molar-refractivity contribution in [3.8, 4) is 11.5 Å². The van der Waals surface area contributed by atoms with Crippen molar-refractivity contribution in [2.24, 2.45) is 0 Å². The summed E-state index contributed by atoms with van der Waals surface area (Å²) in [6.45, 7) is 5.38. The number of aromatic nitrogens is 4. The topological polar surface area (TPSA) is 98.2 Å². The van der Waals surface area contributed by atoms with Crippen molar-refractivity contribution in [3.63, 3.8) is 0 Å². The first-order valence-electron chi connectivity index (χ1n) is 10.1. The smallest absolute Gasteiger partial charge is 0.235 e. The van der Waals surface area contributed by atoms with Gasteiger partial charge in [0.25, 0.3) is 0 Å². The number of imidazole rings is 1. The highest BCUT2D eigenvalue weighted by Gasteiger charge is 2.42. The zero-order valence-electron chi connectivity index (χ0n) is 17.7. The molecule has 162 valence electrons. The van der Waals surface area contributed by atoms with Crippen LogP contribution in [0.5, 0.6) is 0 Å². The number of hydrogen-bond donors (Lipinski definition) is 2. The van der Waals surface area contributed by atoms with Crippen molar-refractivity contribution in [1.82, 2.24) is 19.4 Å². The van der Waals surface area contributed by atoms with Crippen LogP contribution in [0.25, 0.3) is 17.0 Å². The van der Waals surface area contributed by atoms with Crippen molar-refractivity contribution in [2.75, 3.05) is 11.1 Å². The molecule has 5 rings (SSSR count). The highest BCUT2D eigenvalue weighted by molar-refractivity contribution is 6.32. The molecule has 0 fully saturated rings. The Balaban J connectivity index is 1.67. The number of pyridine rings is 1. The Hall–Kier alpha value is -3.52. The Morgan fingerprint density at radius 2 is 1.97 bits per heavy atom. The van der Waals surface area contributed by atoms with E-state index in [9.17, 15) is 9.18 Å². The number of carbonyl (C=O) groups excluding carboxylic acids is 1. The second-order valence-corrected chi connectivity index (χ2v) is 8.78. The Labute approximate surface area is 188 Å². The highest BCUT2D eigenvalue weighted by atomic mass is 35.5. The van der Waals surface area contributed by atoms with Gasteiger partial charge in [0.1, 0.15) is 29.0 Å². The van der Waals surface area contributed by atoms with Gasteiger partial charge in [0.2, 0.25) is 5.91 Å². The number of benzene rings is 1. The van der Waals surface area contributed by atoms with Crippen LogP contribution in [0.15, 0.2) is 36.5 Å². The zero-order chi connectivity index (χ0) is 22.8. The Morgan fingerprint density at radius 3 is 2.75 bits per heavy atom. The molecule has 0 atom stereocenters. The Bertz CT molecular complexity index is 1430. The van der Waals surface area contributed by atoms with E-state index in [1.54, 1.807) is 19.9 Å². The third kappa shape index (κ3) is 2.94. The maximum absolute atomic E-state index is 14.6. The third-order valence-electron chi connectivity index (χ3n) is 5.91. The molecule has 1 aromatic carbocycles. The average Bonchev–Trinajstić information content (AvgIpc) is 3.22. The van der Waals surface area contributed by atoms with E-state index in [0.29, 0.717) is 33.5 Å². The number of nitrogen functional groups attached to an aromatic ring is 1. The summed E-state index contributed by atoms with van der Waals surface area (Å²) in [5.41, 5.74) is 8.36. The number of carbonyl (C=O) groups is 1. The molecule has 0 bridgehead atoms. The monoisotopic (exact) mass is 450 g/mol. The summed E-state index contributed by atoms with van der Waals surface area (Å²) < 4.78 is 16.4. The second kappa shape index (κ2) is 7.00. The van der Waals surface area contributed by atoms with E-state index in [-0.39, 0.29) is 24.0 Å². The van der Waals surface area contributed by atoms with Gasteiger partial charge in [0.05, 0.1) is 21.5 Å². The van der Waals surface area contributed by atoms with Crippen LogP contribution in [0.4, 0.5) is 16.0 Å². The number of halogens is 2. The largest absolute Gasteiger partial charge is 0.383 e. The predicted octanol–water partition coefficient (Wildman–Crippen LogP) is 4.29. The number of nitrogens with zero attached hydrogens (tertiary/aromatic N) is 4. The van der Waals surface area contributed by atoms with E-state index < -0.39 is 11.2 Å². The first kappa shape index (κ1) is 20.4. The van der Waals surface area contributed by atoms with Crippen LogP contribution in [0.2, 0.25) is 5.02 Å². The standard InChI is InChI=1S/C23H20ClFN6O/c1-11-7-8-13(25)12(17(11)24)10-15-27-18(14-6-4-5-9-31(14)15)21-28-19(26)16-20(29-21)30-22(32)23(16,2)3/h4-9H,10H2,1-3H3,(H3,26,28,29,30,32). The van der Waals surface area contributed by atoms with E-state index in [0.717, 1.165) is 11.1 Å². The Kier molecular flexibility index (Phi) is 4.46. The SMILES string of the molecule is Cc1ccc(F)c(Cc2nc(-c3nc(N)c4c(n3)NC(=O)C4(C)C)c3ccccn23)c1Cl. The molecular formula is C23H20ClFN6O. The normalized spacial score (nSPS) is 14.6. The molecule has 4 aromatic rings. The van der Waals surface area contributed by atoms with Crippen molar-refractivity contribution < 1.29 is 9.18 Å². The summed E-state index contributed by atoms with van der Waals surface area (Å²) in [5.74, 6) is 0.885. The Morgan fingerprint density at radius 1 is 1.19 bits per heavy atom. The molecule has 0 saturated heterocycles. The van der Waals surface area contributed by atoms with Crippen LogP contribution in [-0.4, -0.2) is 25.3 Å². The van der Waals surface area contributed by atoms with E-state index in [2.05, 4.69) is 15.3 Å². The summed E-state index contributed by atoms with van der Waals surface area (Å²) in [4.78, 5) is 26.1. The first-order valence-corrected chi connectivity index (χ1v) is 10.5. The quantitative estimate of drug-likeness (QED) is 0.485. The lowest BCUT2D eigenvalue weighted by molar-refractivity contribution is -0.119. The molecule has 9 heteroatoms. The molecule has 32 heavy (non-hydrogen) atoms. The molecule has 3 aromatic heterocycles. The van der Waals surface area contributed by atoms with Gasteiger partial charge in [-0.2, -0.15) is 0 Å². The number of fused-ring (bicyclic) bond motifs is 2. The number of hydrogen-bond acceptors (Lipinski definition) is 5. The van der Waals surface area contributed by atoms with Gasteiger partial charge in [0.15, 0.2) is 5.82 Å². The zero-order valence-corrected chi connectivity index (χ0v) is 18.5. The minimum Gasteiger partial charge on any atom is -0.383 e. The number of nitrogens with two attached hydrogens (primary N) is 1. The lowest BCUT2D eigenvalue weighted by Crippen LogP contribution is -2.27. The first-order chi connectivity index (χ1) is 15.2. The lowest BCUT2D eigenvalue weighted by atomic mass is 9.87. The molecule has 7 nitrogen and oxygen atoms in total. The molecule has 0 aliphatic carbocycles. The lowest BCUT2D eigenvalue weighted by Gasteiger charge is -2.16. The molecular weight excluding hydrogens is 431 g/mol. The van der Waals surface area contributed by atoms with E-state index in [1.807, 2.05) is 35.7 Å². The maximum atomic E-state index is 14.6. The van der Waals surface area contributed by atoms with Crippen molar-refractivity contribution in [1.29, 1.82) is 0 Å². The summed E-state index contributed by atoms with van der Waals surface area (Å²) in [5, 5.41) is 3.16. The van der Waals surface area contributed by atoms with Crippen LogP contribution in [0.1, 0.15) is 36.4 Å². The number of amides is 1. The third-order valence-corrected chi connectivity index (χ3v) is 6.44. The molecule has 1 aliphatic heterocycles. The highest BCUT2D eigenvalue weighted by Crippen LogP contribution is 2.40. The predicted molar refractivity (Wildman–Crippen MR) is 121 cm³/mol. The van der Waals surface area contributed by atoms with Crippen molar-refractivity contribution in [2.45, 2.75) is 32.6 Å². The fourth-order valence-electron chi connectivity index (χ4n) is 4.09. The van der Waals surface area contributed by atoms with Gasteiger partial charge in [-0.1, -0.05) is 23.7 Å². The van der Waals surface area contributed by atoms with E-state index in [4.69, 9.17) is 22.3 Å². The van der Waals surface area contributed by atoms with Gasteiger partial charge < -0.3 is 15.5 Å². The summed E-state index contributed by atoms with van der Waals surface area (Å²) in [7, 11) is 0. The van der Waals surface area contributed by atoms with Gasteiger partial charge in [-0.05, 0) is 44.5 Å². The average molecular weight is 451 g/mol. The van der Waals surface area contributed by atoms with Crippen LogP contribution < -0.4 is 11.1 Å². The number of aryl methyl sites for hydroxylation is 1. The number of anilines is 2. The minimum absolute atomic E-state index is 0.182. The molecule has 3 N–H and O–H groups in total. The fraction of sp³-hybridized carbons (Fsp3) is 0.217. The van der Waals surface area contributed by atoms with Crippen molar-refractivity contribution in [3.05, 3.63) is 69.9 Å². The number of nitrogens with one attached hydrogen (secondary N) is 1. The van der Waals surface area contributed by atoms with Crippen molar-refractivity contribution >= 4 is 34.7 Å². The van der Waals surface area contributed by atoms with Crippen LogP contribution in [0, 0.1) is 12.7 Å². The molecule has 1 amide bonds. The maximum Gasteiger partial charge on any atom is 0.235 e. The number of rotatable bonds is 3. The van der Waals surface area contributed by atoms with Gasteiger partial charge in [-0.3, -0.25) is 4.79 Å². The fourth-order valence-corrected chi connectivity index (χ4v) is 4.31. The van der Waals surface area contributed by atoms with Crippen LogP contribution in [-0.2, 0) is 16.6 Å². The van der Waals surface area contributed by atoms with Gasteiger partial charge in [0, 0.05) is 18.2 Å². The second-order valence-electron chi connectivity index (χ2n) is 8.40. The summed E-state index contributed by atoms with van der Waals surface area (Å²) >= 11 is 6.39.